The van der Waals surface area contributed by atoms with E-state index in [0.29, 0.717) is 12.3 Å². The maximum absolute atomic E-state index is 12.5. The van der Waals surface area contributed by atoms with Crippen LogP contribution in [0.3, 0.4) is 0 Å². The first-order valence-corrected chi connectivity index (χ1v) is 8.64. The normalized spacial score (nSPS) is 20.4. The number of anilines is 2. The fraction of sp³-hybridized carbons (Fsp3) is 0.556. The van der Waals surface area contributed by atoms with Crippen LogP contribution in [0.5, 0.6) is 0 Å². The van der Waals surface area contributed by atoms with Gasteiger partial charge in [0.15, 0.2) is 0 Å². The highest BCUT2D eigenvalue weighted by atomic mass is 16.5. The van der Waals surface area contributed by atoms with E-state index >= 15 is 0 Å². The molecule has 7 nitrogen and oxygen atoms in total. The molecule has 0 aliphatic heterocycles. The summed E-state index contributed by atoms with van der Waals surface area (Å²) >= 11 is 0. The number of rotatable bonds is 7. The lowest BCUT2D eigenvalue weighted by Gasteiger charge is -2.28. The van der Waals surface area contributed by atoms with Crippen LogP contribution < -0.4 is 16.8 Å². The van der Waals surface area contributed by atoms with Gasteiger partial charge in [0.2, 0.25) is 5.91 Å². The second kappa shape index (κ2) is 8.82. The van der Waals surface area contributed by atoms with Gasteiger partial charge < -0.3 is 26.4 Å². The largest absolute Gasteiger partial charge is 0.396 e. The molecule has 0 spiro atoms. The van der Waals surface area contributed by atoms with Crippen molar-refractivity contribution in [3.05, 3.63) is 23.8 Å². The summed E-state index contributed by atoms with van der Waals surface area (Å²) in [5, 5.41) is 2.83. The van der Waals surface area contributed by atoms with Gasteiger partial charge in [0.05, 0.1) is 29.6 Å². The van der Waals surface area contributed by atoms with Crippen molar-refractivity contribution in [3.8, 4) is 0 Å². The molecule has 0 bridgehead atoms. The zero-order valence-electron chi connectivity index (χ0n) is 15.0. The van der Waals surface area contributed by atoms with Gasteiger partial charge in [-0.25, -0.2) is 0 Å². The molecular weight excluding hydrogens is 320 g/mol. The molecule has 0 aromatic heterocycles. The predicted molar refractivity (Wildman–Crippen MR) is 98.3 cm³/mol. The monoisotopic (exact) mass is 348 g/mol. The molecule has 0 radical (unpaired) electrons. The summed E-state index contributed by atoms with van der Waals surface area (Å²) in [5.74, 6) is -0.741. The van der Waals surface area contributed by atoms with Crippen LogP contribution in [-0.4, -0.2) is 50.1 Å². The van der Waals surface area contributed by atoms with Gasteiger partial charge in [0, 0.05) is 12.5 Å². The van der Waals surface area contributed by atoms with Gasteiger partial charge in [0.25, 0.3) is 5.91 Å². The van der Waals surface area contributed by atoms with Crippen molar-refractivity contribution in [1.82, 2.24) is 4.90 Å². The lowest BCUT2D eigenvalue weighted by Crippen LogP contribution is -2.31. The third kappa shape index (κ3) is 5.44. The Morgan fingerprint density at radius 2 is 1.92 bits per heavy atom. The number of carbonyl (C=O) groups excluding carboxylic acids is 2. The Morgan fingerprint density at radius 1 is 1.24 bits per heavy atom. The maximum Gasteiger partial charge on any atom is 0.250 e. The van der Waals surface area contributed by atoms with Crippen molar-refractivity contribution < 1.29 is 14.3 Å². The van der Waals surface area contributed by atoms with Crippen LogP contribution in [0.1, 0.15) is 36.0 Å². The molecule has 25 heavy (non-hydrogen) atoms. The molecule has 0 saturated heterocycles. The van der Waals surface area contributed by atoms with E-state index in [-0.39, 0.29) is 29.2 Å². The van der Waals surface area contributed by atoms with Crippen molar-refractivity contribution in [3.63, 3.8) is 0 Å². The third-order valence-corrected chi connectivity index (χ3v) is 4.57. The number of likely N-dealkylation sites (N-methyl/N-ethyl adjacent to an activating group) is 1. The molecular formula is C18H28N4O3. The van der Waals surface area contributed by atoms with Gasteiger partial charge in [-0.2, -0.15) is 0 Å². The molecule has 2 amide bonds. The topological polar surface area (TPSA) is 111 Å². The van der Waals surface area contributed by atoms with Crippen LogP contribution in [0, 0.1) is 5.92 Å². The number of hydrogen-bond donors (Lipinski definition) is 3. The number of para-hydroxylation sites is 1. The molecule has 1 fully saturated rings. The highest BCUT2D eigenvalue weighted by Gasteiger charge is 2.27. The van der Waals surface area contributed by atoms with E-state index in [0.717, 1.165) is 32.2 Å². The minimum absolute atomic E-state index is 0.0645. The van der Waals surface area contributed by atoms with E-state index < -0.39 is 5.91 Å². The fourth-order valence-electron chi connectivity index (χ4n) is 3.02. The smallest absolute Gasteiger partial charge is 0.250 e. The average molecular weight is 348 g/mol. The van der Waals surface area contributed by atoms with Crippen LogP contribution in [0.4, 0.5) is 11.4 Å². The first kappa shape index (κ1) is 19.2. The number of nitrogen functional groups attached to an aromatic ring is 1. The molecule has 1 aromatic rings. The number of benzene rings is 1. The van der Waals surface area contributed by atoms with Crippen LogP contribution >= 0.6 is 0 Å². The number of primary amides is 1. The third-order valence-electron chi connectivity index (χ3n) is 4.57. The molecule has 1 aliphatic carbocycles. The van der Waals surface area contributed by atoms with Crippen molar-refractivity contribution in [2.75, 3.05) is 38.3 Å². The number of carbonyl (C=O) groups is 2. The summed E-state index contributed by atoms with van der Waals surface area (Å²) in [6.45, 7) is 1.61. The molecule has 138 valence electrons. The molecule has 2 rings (SSSR count). The number of ether oxygens (including phenoxy) is 1. The Bertz CT molecular complexity index is 610. The molecule has 0 heterocycles. The zero-order valence-corrected chi connectivity index (χ0v) is 15.0. The number of nitrogens with one attached hydrogen (secondary N) is 1. The molecule has 0 unspecified atom stereocenters. The number of hydrogen-bond acceptors (Lipinski definition) is 5. The second-order valence-electron chi connectivity index (χ2n) is 6.77. The number of amides is 2. The van der Waals surface area contributed by atoms with Crippen LogP contribution in [0.15, 0.2) is 18.2 Å². The Kier molecular flexibility index (Phi) is 6.78. The van der Waals surface area contributed by atoms with Crippen molar-refractivity contribution in [2.24, 2.45) is 11.7 Å². The van der Waals surface area contributed by atoms with Gasteiger partial charge in [-0.3, -0.25) is 9.59 Å². The van der Waals surface area contributed by atoms with Gasteiger partial charge in [-0.1, -0.05) is 6.07 Å². The minimum Gasteiger partial charge on any atom is -0.396 e. The van der Waals surface area contributed by atoms with E-state index in [4.69, 9.17) is 16.2 Å². The summed E-state index contributed by atoms with van der Waals surface area (Å²) in [7, 11) is 4.03. The molecule has 1 aliphatic rings. The Balaban J connectivity index is 1.85. The standard InChI is InChI=1S/C18H28N4O3/c1-22(2)10-11-25-13-8-6-12(7-9-13)18(24)21-15-5-3-4-14(16(15)19)17(20)23/h3-5,12-13H,6-11,19H2,1-2H3,(H2,20,23)(H,21,24). The van der Waals surface area contributed by atoms with Gasteiger partial charge in [0.1, 0.15) is 0 Å². The van der Waals surface area contributed by atoms with E-state index in [1.54, 1.807) is 18.2 Å². The lowest BCUT2D eigenvalue weighted by atomic mass is 9.86. The zero-order chi connectivity index (χ0) is 18.4. The van der Waals surface area contributed by atoms with Crippen molar-refractivity contribution >= 4 is 23.2 Å². The van der Waals surface area contributed by atoms with Gasteiger partial charge in [-0.15, -0.1) is 0 Å². The van der Waals surface area contributed by atoms with Gasteiger partial charge in [-0.05, 0) is 51.9 Å². The van der Waals surface area contributed by atoms with Crippen LogP contribution in [0.25, 0.3) is 0 Å². The van der Waals surface area contributed by atoms with Crippen molar-refractivity contribution in [1.29, 1.82) is 0 Å². The maximum atomic E-state index is 12.5. The number of nitrogens with two attached hydrogens (primary N) is 2. The summed E-state index contributed by atoms with van der Waals surface area (Å²) in [5.41, 5.74) is 12.1. The summed E-state index contributed by atoms with van der Waals surface area (Å²) < 4.78 is 5.86. The quantitative estimate of drug-likeness (QED) is 0.646. The molecule has 1 saturated carbocycles. The second-order valence-corrected chi connectivity index (χ2v) is 6.77. The highest BCUT2D eigenvalue weighted by molar-refractivity contribution is 6.04. The van der Waals surface area contributed by atoms with E-state index in [1.165, 1.54) is 0 Å². The summed E-state index contributed by atoms with van der Waals surface area (Å²) in [4.78, 5) is 25.9. The first-order valence-electron chi connectivity index (χ1n) is 8.64. The molecule has 5 N–H and O–H groups in total. The fourth-order valence-corrected chi connectivity index (χ4v) is 3.02. The van der Waals surface area contributed by atoms with Crippen LogP contribution in [0.2, 0.25) is 0 Å². The Morgan fingerprint density at radius 3 is 2.52 bits per heavy atom. The average Bonchev–Trinajstić information content (AvgIpc) is 2.56. The van der Waals surface area contributed by atoms with E-state index in [1.807, 2.05) is 14.1 Å². The molecule has 1 aromatic carbocycles. The SMILES string of the molecule is CN(C)CCOC1CCC(C(=O)Nc2cccc(C(N)=O)c2N)CC1. The van der Waals surface area contributed by atoms with E-state index in [9.17, 15) is 9.59 Å². The van der Waals surface area contributed by atoms with E-state index in [2.05, 4.69) is 10.2 Å². The first-order chi connectivity index (χ1) is 11.9. The molecule has 7 heteroatoms. The Hall–Kier alpha value is -2.12. The lowest BCUT2D eigenvalue weighted by molar-refractivity contribution is -0.121. The summed E-state index contributed by atoms with van der Waals surface area (Å²) in [6.07, 6.45) is 3.55. The summed E-state index contributed by atoms with van der Waals surface area (Å²) in [6, 6.07) is 4.88. The number of nitrogens with zero attached hydrogens (tertiary/aromatic N) is 1. The minimum atomic E-state index is -0.607. The highest BCUT2D eigenvalue weighted by Crippen LogP contribution is 2.29. The van der Waals surface area contributed by atoms with Gasteiger partial charge >= 0.3 is 0 Å². The molecule has 0 atom stereocenters. The van der Waals surface area contributed by atoms with Crippen LogP contribution in [-0.2, 0) is 9.53 Å². The predicted octanol–water partition coefficient (Wildman–Crippen LogP) is 1.44. The Labute approximate surface area is 148 Å². The van der Waals surface area contributed by atoms with Crippen molar-refractivity contribution in [2.45, 2.75) is 31.8 Å².